The molecule has 2 unspecified atom stereocenters. The Hall–Kier alpha value is -5.48. The molecule has 0 bridgehead atoms. The molecule has 0 aromatic heterocycles. The van der Waals surface area contributed by atoms with E-state index in [0.29, 0.717) is 25.9 Å². The van der Waals surface area contributed by atoms with E-state index in [-0.39, 0.29) is 46.6 Å². The normalized spacial score (nSPS) is 20.7. The smallest absolute Gasteiger partial charge is 0.493 e. The largest absolute Gasteiger partial charge is 0.573 e. The van der Waals surface area contributed by atoms with Crippen LogP contribution in [0.15, 0.2) is 72.8 Å². The van der Waals surface area contributed by atoms with E-state index in [1.807, 2.05) is 14.1 Å². The number of carbonyl (C=O) groups excluding carboxylic acids is 2. The summed E-state index contributed by atoms with van der Waals surface area (Å²) in [6.45, 7) is 1.37. The second-order valence-corrected chi connectivity index (χ2v) is 16.6. The number of halogens is 6. The second kappa shape index (κ2) is 16.3. The molecule has 2 saturated carbocycles. The van der Waals surface area contributed by atoms with E-state index in [2.05, 4.69) is 19.3 Å². The minimum absolute atomic E-state index is 0.00503. The van der Waals surface area contributed by atoms with Crippen LogP contribution in [0, 0.1) is 0 Å². The molecule has 4 aliphatic rings. The summed E-state index contributed by atoms with van der Waals surface area (Å²) >= 11 is 0. The van der Waals surface area contributed by atoms with E-state index in [0.717, 1.165) is 71.9 Å². The van der Waals surface area contributed by atoms with Crippen molar-refractivity contribution in [2.45, 2.75) is 87.0 Å². The zero-order chi connectivity index (χ0) is 44.2. The third kappa shape index (κ3) is 8.14. The highest BCUT2D eigenvalue weighted by Crippen LogP contribution is 2.58. The summed E-state index contributed by atoms with van der Waals surface area (Å²) in [7, 11) is 6.80. The molecule has 16 heteroatoms. The minimum Gasteiger partial charge on any atom is -0.493 e. The van der Waals surface area contributed by atoms with Gasteiger partial charge in [-0.3, -0.25) is 9.80 Å². The summed E-state index contributed by atoms with van der Waals surface area (Å²) in [6.07, 6.45) is -3.48. The molecule has 4 aromatic rings. The van der Waals surface area contributed by atoms with Crippen molar-refractivity contribution in [3.05, 3.63) is 106 Å². The van der Waals surface area contributed by atoms with E-state index in [1.54, 1.807) is 48.5 Å². The van der Waals surface area contributed by atoms with Gasteiger partial charge in [-0.15, -0.1) is 26.3 Å². The van der Waals surface area contributed by atoms with Crippen molar-refractivity contribution in [1.29, 1.82) is 0 Å². The molecule has 0 amide bonds. The number of methoxy groups -OCH3 is 2. The lowest BCUT2D eigenvalue weighted by atomic mass is 9.57. The molecule has 2 aliphatic carbocycles. The van der Waals surface area contributed by atoms with Crippen LogP contribution in [0.25, 0.3) is 0 Å². The second-order valence-electron chi connectivity index (χ2n) is 16.6. The molecule has 62 heavy (non-hydrogen) atoms. The highest BCUT2D eigenvalue weighted by atomic mass is 19.4. The number of benzene rings is 4. The summed E-state index contributed by atoms with van der Waals surface area (Å²) in [5.74, 6) is -2.80. The highest BCUT2D eigenvalue weighted by molar-refractivity contribution is 6.31. The Morgan fingerprint density at radius 3 is 1.21 bits per heavy atom. The van der Waals surface area contributed by atoms with E-state index in [1.165, 1.54) is 38.5 Å². The van der Waals surface area contributed by atoms with E-state index >= 15 is 0 Å². The van der Waals surface area contributed by atoms with Crippen LogP contribution in [0.1, 0.15) is 84.0 Å². The lowest BCUT2D eigenvalue weighted by molar-refractivity contribution is -0.275. The summed E-state index contributed by atoms with van der Waals surface area (Å²) in [6, 6.07) is 18.4. The number of hydrogen-bond acceptors (Lipinski definition) is 10. The van der Waals surface area contributed by atoms with Crippen molar-refractivity contribution in [3.63, 3.8) is 0 Å². The average Bonchev–Trinajstić information content (AvgIpc) is 3.18. The summed E-state index contributed by atoms with van der Waals surface area (Å²) in [5.41, 5.74) is 4.35. The quantitative estimate of drug-likeness (QED) is 0.0665. The SMILES string of the molecule is COc1cc2c(cc1OC(=O)C(=O)Oc1cc3c(cc1OC)CCN(C)C3C1(c3ccc(OC(F)(F)F)cc3)CCC1)C(C1(c3ccc(OC(F)(F)F)cc3)CCC1)N(C)CC2. The number of likely N-dealkylation sites (N-methyl/N-ethyl adjacent to an activating group) is 2. The number of fused-ring (bicyclic) bond motifs is 2. The van der Waals surface area contributed by atoms with Crippen molar-refractivity contribution < 1.29 is 64.4 Å². The molecular weight excluding hydrogens is 822 g/mol. The van der Waals surface area contributed by atoms with Crippen LogP contribution in [0.5, 0.6) is 34.5 Å². The standard InChI is InChI=1S/C46H46F6N2O8/c1-53-21-15-27-23-35(57-3)37(25-33(27)39(53)43(17-5-18-43)29-7-11-31(12-8-29)61-45(47,48)49)59-41(55)42(56)60-38-26-34-28(24-36(38)58-4)16-22-54(2)40(34)44(19-6-20-44)30-9-13-32(14-10-30)62-46(50,51)52/h7-14,23-26,39-40H,5-6,15-22H2,1-4H3. The van der Waals surface area contributed by atoms with E-state index in [4.69, 9.17) is 18.9 Å². The van der Waals surface area contributed by atoms with E-state index < -0.39 is 35.5 Å². The first-order valence-corrected chi connectivity index (χ1v) is 20.4. The third-order valence-corrected chi connectivity index (χ3v) is 13.2. The zero-order valence-electron chi connectivity index (χ0n) is 34.6. The van der Waals surface area contributed by atoms with Crippen LogP contribution in [-0.4, -0.2) is 75.9 Å². The first-order chi connectivity index (χ1) is 29.4. The minimum atomic E-state index is -4.82. The molecule has 4 aromatic carbocycles. The number of carbonyl (C=O) groups is 2. The van der Waals surface area contributed by atoms with Crippen molar-refractivity contribution in [2.75, 3.05) is 41.4 Å². The molecule has 330 valence electrons. The summed E-state index contributed by atoms with van der Waals surface area (Å²) < 4.78 is 109. The van der Waals surface area contributed by atoms with Gasteiger partial charge >= 0.3 is 24.7 Å². The molecule has 0 saturated heterocycles. The highest BCUT2D eigenvalue weighted by Gasteiger charge is 2.51. The van der Waals surface area contributed by atoms with Gasteiger partial charge in [0, 0.05) is 36.0 Å². The van der Waals surface area contributed by atoms with Gasteiger partial charge in [-0.2, -0.15) is 0 Å². The van der Waals surface area contributed by atoms with Gasteiger partial charge in [0.25, 0.3) is 0 Å². The Balaban J connectivity index is 1.06. The van der Waals surface area contributed by atoms with Crippen molar-refractivity contribution >= 4 is 11.9 Å². The maximum atomic E-state index is 13.7. The van der Waals surface area contributed by atoms with Crippen LogP contribution in [0.3, 0.4) is 0 Å². The monoisotopic (exact) mass is 868 g/mol. The topological polar surface area (TPSA) is 96.0 Å². The molecule has 2 atom stereocenters. The Kier molecular flexibility index (Phi) is 11.4. The van der Waals surface area contributed by atoms with Crippen molar-refractivity contribution in [2.24, 2.45) is 0 Å². The zero-order valence-corrected chi connectivity index (χ0v) is 34.6. The molecule has 0 spiro atoms. The van der Waals surface area contributed by atoms with Crippen molar-refractivity contribution in [1.82, 2.24) is 9.80 Å². The molecule has 2 aliphatic heterocycles. The number of hydrogen-bond donors (Lipinski definition) is 0. The average molecular weight is 869 g/mol. The van der Waals surface area contributed by atoms with Gasteiger partial charge in [-0.25, -0.2) is 9.59 Å². The maximum absolute atomic E-state index is 13.7. The molecule has 2 heterocycles. The lowest BCUT2D eigenvalue weighted by Crippen LogP contribution is -2.49. The number of rotatable bonds is 10. The maximum Gasteiger partial charge on any atom is 0.573 e. The van der Waals surface area contributed by atoms with Crippen LogP contribution < -0.4 is 28.4 Å². The fraction of sp³-hybridized carbons (Fsp3) is 0.435. The number of alkyl halides is 6. The third-order valence-electron chi connectivity index (χ3n) is 13.2. The predicted molar refractivity (Wildman–Crippen MR) is 213 cm³/mol. The first kappa shape index (κ1) is 43.2. The number of ether oxygens (including phenoxy) is 6. The lowest BCUT2D eigenvalue weighted by Gasteiger charge is -2.53. The Morgan fingerprint density at radius 1 is 0.565 bits per heavy atom. The predicted octanol–water partition coefficient (Wildman–Crippen LogP) is 9.31. The van der Waals surface area contributed by atoms with Gasteiger partial charge in [0.05, 0.1) is 14.2 Å². The van der Waals surface area contributed by atoms with Gasteiger partial charge in [0.15, 0.2) is 23.0 Å². The Morgan fingerprint density at radius 2 is 0.919 bits per heavy atom. The van der Waals surface area contributed by atoms with Gasteiger partial charge in [-0.05, 0) is 135 Å². The molecule has 8 rings (SSSR count). The summed E-state index contributed by atoms with van der Waals surface area (Å²) in [4.78, 5) is 31.7. The molecule has 0 radical (unpaired) electrons. The number of esters is 2. The molecule has 0 N–H and O–H groups in total. The van der Waals surface area contributed by atoms with Gasteiger partial charge in [-0.1, -0.05) is 37.1 Å². The fourth-order valence-electron chi connectivity index (χ4n) is 10.2. The Bertz CT molecular complexity index is 2160. The van der Waals surface area contributed by atoms with Crippen LogP contribution in [0.2, 0.25) is 0 Å². The first-order valence-electron chi connectivity index (χ1n) is 20.4. The molecule has 2 fully saturated rings. The Labute approximate surface area is 354 Å². The molecular formula is C46H46F6N2O8. The van der Waals surface area contributed by atoms with Crippen LogP contribution in [0.4, 0.5) is 26.3 Å². The van der Waals surface area contributed by atoms with Crippen molar-refractivity contribution in [3.8, 4) is 34.5 Å². The van der Waals surface area contributed by atoms with Gasteiger partial charge in [0.2, 0.25) is 0 Å². The van der Waals surface area contributed by atoms with E-state index in [9.17, 15) is 35.9 Å². The summed E-state index contributed by atoms with van der Waals surface area (Å²) in [5, 5.41) is 0. The fourth-order valence-corrected chi connectivity index (χ4v) is 10.2. The number of nitrogens with zero attached hydrogens (tertiary/aromatic N) is 2. The van der Waals surface area contributed by atoms with Gasteiger partial charge < -0.3 is 28.4 Å². The van der Waals surface area contributed by atoms with Crippen LogP contribution >= 0.6 is 0 Å². The molecule has 10 nitrogen and oxygen atoms in total. The van der Waals surface area contributed by atoms with Gasteiger partial charge in [0.1, 0.15) is 11.5 Å². The van der Waals surface area contributed by atoms with Crippen LogP contribution in [-0.2, 0) is 33.3 Å².